The molecule has 1 heterocycles. The summed E-state index contributed by atoms with van der Waals surface area (Å²) in [6.45, 7) is 0. The van der Waals surface area contributed by atoms with Crippen LogP contribution in [0.4, 0.5) is 0 Å². The van der Waals surface area contributed by atoms with Gasteiger partial charge in [0.15, 0.2) is 0 Å². The van der Waals surface area contributed by atoms with Gasteiger partial charge in [-0.05, 0) is 17.5 Å². The van der Waals surface area contributed by atoms with Gasteiger partial charge >= 0.3 is 5.97 Å². The van der Waals surface area contributed by atoms with E-state index in [1.165, 1.54) is 0 Å². The highest BCUT2D eigenvalue weighted by Crippen LogP contribution is 2.28. The summed E-state index contributed by atoms with van der Waals surface area (Å²) in [5, 5.41) is 18.4. The fourth-order valence-electron chi connectivity index (χ4n) is 1.26. The Labute approximate surface area is 83.8 Å². The molecule has 0 atom stereocenters. The fourth-order valence-corrected chi connectivity index (χ4v) is 2.22. The van der Waals surface area contributed by atoms with E-state index in [2.05, 4.69) is 0 Å². The van der Waals surface area contributed by atoms with Crippen molar-refractivity contribution in [2.24, 2.45) is 0 Å². The zero-order valence-corrected chi connectivity index (χ0v) is 7.84. The highest BCUT2D eigenvalue weighted by Gasteiger charge is 2.10. The number of thiophene rings is 1. The van der Waals surface area contributed by atoms with Crippen LogP contribution in [0.25, 0.3) is 10.1 Å². The fraction of sp³-hybridized carbons (Fsp3) is 0. The zero-order valence-electron chi connectivity index (χ0n) is 7.02. The summed E-state index contributed by atoms with van der Waals surface area (Å²) in [6, 6.07) is 8.87. The molecule has 0 fully saturated rings. The first-order chi connectivity index (χ1) is 6.72. The molecule has 0 saturated carbocycles. The number of carboxylic acids is 1. The largest absolute Gasteiger partial charge is 0.477 e. The van der Waals surface area contributed by atoms with E-state index in [9.17, 15) is 4.79 Å². The Morgan fingerprint density at radius 3 is 2.93 bits per heavy atom. The third-order valence-corrected chi connectivity index (χ3v) is 3.05. The molecule has 2 rings (SSSR count). The molecule has 1 aromatic heterocycles. The average molecular weight is 203 g/mol. The van der Waals surface area contributed by atoms with Gasteiger partial charge in [-0.3, -0.25) is 0 Å². The minimum absolute atomic E-state index is 0.266. The van der Waals surface area contributed by atoms with Gasteiger partial charge in [0.1, 0.15) is 10.9 Å². The van der Waals surface area contributed by atoms with Crippen molar-refractivity contribution in [3.63, 3.8) is 0 Å². The Balaban J connectivity index is 2.78. The van der Waals surface area contributed by atoms with Gasteiger partial charge < -0.3 is 5.11 Å². The number of nitrogens with zero attached hydrogens (tertiary/aromatic N) is 1. The predicted octanol–water partition coefficient (Wildman–Crippen LogP) is 2.47. The Kier molecular flexibility index (Phi) is 1.95. The smallest absolute Gasteiger partial charge is 0.345 e. The monoisotopic (exact) mass is 203 g/mol. The summed E-state index contributed by atoms with van der Waals surface area (Å²) < 4.78 is 0.743. The number of rotatable bonds is 1. The molecule has 0 unspecified atom stereocenters. The van der Waals surface area contributed by atoms with Crippen LogP contribution < -0.4 is 0 Å². The second-order valence-corrected chi connectivity index (χ2v) is 3.80. The van der Waals surface area contributed by atoms with E-state index in [0.29, 0.717) is 5.56 Å². The number of carbonyl (C=O) groups is 1. The molecule has 0 amide bonds. The normalized spacial score (nSPS) is 9.93. The number of carboxylic acid groups (broad SMARTS) is 1. The van der Waals surface area contributed by atoms with E-state index in [1.54, 1.807) is 24.3 Å². The molecule has 1 aromatic carbocycles. The summed E-state index contributed by atoms with van der Waals surface area (Å²) >= 11 is 1.13. The van der Waals surface area contributed by atoms with Gasteiger partial charge in [0.25, 0.3) is 0 Å². The maximum atomic E-state index is 10.7. The van der Waals surface area contributed by atoms with Crippen LogP contribution in [0.15, 0.2) is 24.3 Å². The number of hydrogen-bond donors (Lipinski definition) is 1. The molecule has 0 spiro atoms. The Morgan fingerprint density at radius 2 is 2.29 bits per heavy atom. The minimum atomic E-state index is -0.949. The molecule has 68 valence electrons. The van der Waals surface area contributed by atoms with Crippen LogP contribution in [0.1, 0.15) is 15.2 Å². The van der Waals surface area contributed by atoms with Gasteiger partial charge in [0.05, 0.1) is 10.3 Å². The van der Waals surface area contributed by atoms with Crippen molar-refractivity contribution >= 4 is 27.4 Å². The summed E-state index contributed by atoms with van der Waals surface area (Å²) in [5.74, 6) is -0.949. The first kappa shape index (κ1) is 8.73. The second-order valence-electron chi connectivity index (χ2n) is 2.75. The quantitative estimate of drug-likeness (QED) is 0.774. The van der Waals surface area contributed by atoms with Gasteiger partial charge in [0.2, 0.25) is 0 Å². The molecule has 0 aliphatic rings. The van der Waals surface area contributed by atoms with E-state index in [0.717, 1.165) is 21.4 Å². The molecule has 0 aliphatic carbocycles. The Morgan fingerprint density at radius 1 is 1.50 bits per heavy atom. The topological polar surface area (TPSA) is 61.1 Å². The lowest BCUT2D eigenvalue weighted by molar-refractivity contribution is 0.0702. The lowest BCUT2D eigenvalue weighted by Gasteiger charge is -1.89. The molecule has 0 aliphatic heterocycles. The van der Waals surface area contributed by atoms with Crippen molar-refractivity contribution in [1.82, 2.24) is 0 Å². The molecule has 0 radical (unpaired) electrons. The Hall–Kier alpha value is -1.86. The predicted molar refractivity (Wildman–Crippen MR) is 53.5 cm³/mol. The van der Waals surface area contributed by atoms with E-state index in [4.69, 9.17) is 10.4 Å². The lowest BCUT2D eigenvalue weighted by Crippen LogP contribution is -1.89. The summed E-state index contributed by atoms with van der Waals surface area (Å²) in [7, 11) is 0. The van der Waals surface area contributed by atoms with Crippen molar-refractivity contribution in [2.45, 2.75) is 0 Å². The van der Waals surface area contributed by atoms with Gasteiger partial charge in [-0.2, -0.15) is 5.26 Å². The van der Waals surface area contributed by atoms with Crippen molar-refractivity contribution in [1.29, 1.82) is 5.26 Å². The van der Waals surface area contributed by atoms with Crippen molar-refractivity contribution in [3.05, 3.63) is 34.7 Å². The van der Waals surface area contributed by atoms with E-state index >= 15 is 0 Å². The first-order valence-corrected chi connectivity index (χ1v) is 4.70. The molecule has 14 heavy (non-hydrogen) atoms. The maximum absolute atomic E-state index is 10.7. The van der Waals surface area contributed by atoms with Crippen LogP contribution in [0, 0.1) is 11.3 Å². The van der Waals surface area contributed by atoms with Crippen LogP contribution in [0.5, 0.6) is 0 Å². The number of benzene rings is 1. The van der Waals surface area contributed by atoms with Crippen molar-refractivity contribution in [3.8, 4) is 6.07 Å². The zero-order chi connectivity index (χ0) is 10.1. The van der Waals surface area contributed by atoms with Gasteiger partial charge in [-0.25, -0.2) is 4.79 Å². The molecule has 0 bridgehead atoms. The molecular weight excluding hydrogens is 198 g/mol. The van der Waals surface area contributed by atoms with Crippen molar-refractivity contribution < 1.29 is 9.90 Å². The molecular formula is C10H5NO2S. The van der Waals surface area contributed by atoms with Gasteiger partial charge in [0, 0.05) is 0 Å². The summed E-state index contributed by atoms with van der Waals surface area (Å²) in [6.07, 6.45) is 0. The molecule has 2 aromatic rings. The standard InChI is InChI=1S/C10H5NO2S/c11-5-7-3-1-2-6-4-8(10(12)13)14-9(6)7/h1-4H,(H,12,13). The van der Waals surface area contributed by atoms with Crippen LogP contribution in [0.3, 0.4) is 0 Å². The first-order valence-electron chi connectivity index (χ1n) is 3.88. The maximum Gasteiger partial charge on any atom is 0.345 e. The number of aromatic carboxylic acids is 1. The van der Waals surface area contributed by atoms with Crippen LogP contribution in [-0.4, -0.2) is 11.1 Å². The van der Waals surface area contributed by atoms with E-state index in [1.807, 2.05) is 6.07 Å². The second kappa shape index (κ2) is 3.13. The lowest BCUT2D eigenvalue weighted by atomic mass is 10.2. The van der Waals surface area contributed by atoms with Gasteiger partial charge in [-0.1, -0.05) is 12.1 Å². The van der Waals surface area contributed by atoms with Crippen LogP contribution in [0.2, 0.25) is 0 Å². The Bertz CT molecular complexity index is 551. The number of nitriles is 1. The van der Waals surface area contributed by atoms with Crippen molar-refractivity contribution in [2.75, 3.05) is 0 Å². The summed E-state index contributed by atoms with van der Waals surface area (Å²) in [4.78, 5) is 11.0. The highest BCUT2D eigenvalue weighted by atomic mass is 32.1. The number of hydrogen-bond acceptors (Lipinski definition) is 3. The third-order valence-electron chi connectivity index (χ3n) is 1.88. The number of fused-ring (bicyclic) bond motifs is 1. The summed E-state index contributed by atoms with van der Waals surface area (Å²) in [5.41, 5.74) is 0.528. The third kappa shape index (κ3) is 1.24. The molecule has 3 nitrogen and oxygen atoms in total. The minimum Gasteiger partial charge on any atom is -0.477 e. The van der Waals surface area contributed by atoms with E-state index < -0.39 is 5.97 Å². The van der Waals surface area contributed by atoms with Crippen LogP contribution in [-0.2, 0) is 0 Å². The van der Waals surface area contributed by atoms with Gasteiger partial charge in [-0.15, -0.1) is 11.3 Å². The van der Waals surface area contributed by atoms with E-state index in [-0.39, 0.29) is 4.88 Å². The SMILES string of the molecule is N#Cc1cccc2cc(C(=O)O)sc12. The molecule has 0 saturated heterocycles. The molecule has 1 N–H and O–H groups in total. The highest BCUT2D eigenvalue weighted by molar-refractivity contribution is 7.21. The van der Waals surface area contributed by atoms with Crippen LogP contribution >= 0.6 is 11.3 Å². The molecule has 4 heteroatoms. The average Bonchev–Trinajstić information content (AvgIpc) is 2.60.